The molecule has 0 aromatic heterocycles. The molecule has 1 fully saturated rings. The monoisotopic (exact) mass is 273 g/mol. The summed E-state index contributed by atoms with van der Waals surface area (Å²) in [6, 6.07) is 5.94. The molecule has 1 heterocycles. The number of alkyl halides is 1. The lowest BCUT2D eigenvalue weighted by atomic mass is 10.00. The Bertz CT molecular complexity index is 406. The molecular weight excluding hydrogens is 257 g/mol. The Labute approximate surface area is 112 Å². The van der Waals surface area contributed by atoms with Crippen LogP contribution in [-0.4, -0.2) is 25.3 Å². The normalized spacial score (nSPS) is 19.4. The van der Waals surface area contributed by atoms with E-state index >= 15 is 0 Å². The predicted octanol–water partition coefficient (Wildman–Crippen LogP) is 3.69. The van der Waals surface area contributed by atoms with E-state index in [-0.39, 0.29) is 5.54 Å². The van der Waals surface area contributed by atoms with Crippen LogP contribution in [0.25, 0.3) is 0 Å². The molecule has 1 aliphatic heterocycles. The number of morpholine rings is 1. The SMILES string of the molecule is CC1(C)COCCN1c1cccc(Cl)c1CCl. The summed E-state index contributed by atoms with van der Waals surface area (Å²) in [5.74, 6) is 0.433. The summed E-state index contributed by atoms with van der Waals surface area (Å²) >= 11 is 12.2. The van der Waals surface area contributed by atoms with Crippen molar-refractivity contribution >= 4 is 28.9 Å². The molecule has 94 valence electrons. The van der Waals surface area contributed by atoms with Gasteiger partial charge in [0, 0.05) is 22.8 Å². The first-order valence-electron chi connectivity index (χ1n) is 5.75. The van der Waals surface area contributed by atoms with Gasteiger partial charge in [-0.2, -0.15) is 0 Å². The molecule has 0 aliphatic carbocycles. The fraction of sp³-hybridized carbons (Fsp3) is 0.538. The second-order valence-electron chi connectivity index (χ2n) is 4.89. The van der Waals surface area contributed by atoms with Crippen molar-refractivity contribution in [1.29, 1.82) is 0 Å². The summed E-state index contributed by atoms with van der Waals surface area (Å²) in [7, 11) is 0. The molecule has 4 heteroatoms. The van der Waals surface area contributed by atoms with Gasteiger partial charge in [0.05, 0.1) is 24.6 Å². The van der Waals surface area contributed by atoms with E-state index < -0.39 is 0 Å². The van der Waals surface area contributed by atoms with Gasteiger partial charge in [0.15, 0.2) is 0 Å². The molecule has 0 saturated carbocycles. The first kappa shape index (κ1) is 13.0. The standard InChI is InChI=1S/C13H17Cl2NO/c1-13(2)9-17-7-6-16(13)12-5-3-4-11(15)10(12)8-14/h3-5H,6-9H2,1-2H3. The number of hydrogen-bond acceptors (Lipinski definition) is 2. The molecule has 0 amide bonds. The molecule has 0 spiro atoms. The van der Waals surface area contributed by atoms with Crippen molar-refractivity contribution in [2.24, 2.45) is 0 Å². The average molecular weight is 274 g/mol. The van der Waals surface area contributed by atoms with E-state index in [1.54, 1.807) is 0 Å². The first-order chi connectivity index (χ1) is 8.06. The number of nitrogens with zero attached hydrogens (tertiary/aromatic N) is 1. The number of anilines is 1. The lowest BCUT2D eigenvalue weighted by Gasteiger charge is -2.44. The van der Waals surface area contributed by atoms with Crippen LogP contribution in [0.4, 0.5) is 5.69 Å². The number of benzene rings is 1. The van der Waals surface area contributed by atoms with Crippen molar-refractivity contribution < 1.29 is 4.74 Å². The maximum absolute atomic E-state index is 6.20. The van der Waals surface area contributed by atoms with E-state index in [0.717, 1.165) is 36.0 Å². The zero-order valence-corrected chi connectivity index (χ0v) is 11.7. The number of halogens is 2. The third-order valence-corrected chi connectivity index (χ3v) is 3.79. The fourth-order valence-corrected chi connectivity index (χ4v) is 2.82. The van der Waals surface area contributed by atoms with Crippen LogP contribution in [0.2, 0.25) is 5.02 Å². The maximum atomic E-state index is 6.20. The molecule has 0 N–H and O–H groups in total. The lowest BCUT2D eigenvalue weighted by Crippen LogP contribution is -2.53. The zero-order chi connectivity index (χ0) is 12.5. The highest BCUT2D eigenvalue weighted by molar-refractivity contribution is 6.32. The van der Waals surface area contributed by atoms with Crippen molar-refractivity contribution in [3.05, 3.63) is 28.8 Å². The van der Waals surface area contributed by atoms with Crippen molar-refractivity contribution in [2.75, 3.05) is 24.7 Å². The molecule has 1 aromatic rings. The highest BCUT2D eigenvalue weighted by Gasteiger charge is 2.32. The minimum atomic E-state index is -0.0241. The zero-order valence-electron chi connectivity index (χ0n) is 10.2. The minimum absolute atomic E-state index is 0.0241. The van der Waals surface area contributed by atoms with Gasteiger partial charge in [0.25, 0.3) is 0 Å². The van der Waals surface area contributed by atoms with E-state index in [4.69, 9.17) is 27.9 Å². The molecule has 2 nitrogen and oxygen atoms in total. The summed E-state index contributed by atoms with van der Waals surface area (Å²) < 4.78 is 5.53. The summed E-state index contributed by atoms with van der Waals surface area (Å²) in [6.07, 6.45) is 0. The van der Waals surface area contributed by atoms with Crippen LogP contribution >= 0.6 is 23.2 Å². The topological polar surface area (TPSA) is 12.5 Å². The van der Waals surface area contributed by atoms with Crippen LogP contribution in [0.1, 0.15) is 19.4 Å². The van der Waals surface area contributed by atoms with Gasteiger partial charge in [-0.15, -0.1) is 11.6 Å². The van der Waals surface area contributed by atoms with E-state index in [0.29, 0.717) is 5.88 Å². The average Bonchev–Trinajstić information content (AvgIpc) is 2.28. The smallest absolute Gasteiger partial charge is 0.0694 e. The Morgan fingerprint density at radius 2 is 2.18 bits per heavy atom. The fourth-order valence-electron chi connectivity index (χ4n) is 2.24. The Hall–Kier alpha value is -0.440. The van der Waals surface area contributed by atoms with E-state index in [1.165, 1.54) is 0 Å². The Morgan fingerprint density at radius 1 is 1.41 bits per heavy atom. The van der Waals surface area contributed by atoms with Gasteiger partial charge in [-0.25, -0.2) is 0 Å². The quantitative estimate of drug-likeness (QED) is 0.762. The largest absolute Gasteiger partial charge is 0.377 e. The maximum Gasteiger partial charge on any atom is 0.0694 e. The minimum Gasteiger partial charge on any atom is -0.377 e. The van der Waals surface area contributed by atoms with Crippen LogP contribution in [0, 0.1) is 0 Å². The van der Waals surface area contributed by atoms with Crippen molar-refractivity contribution in [3.63, 3.8) is 0 Å². The summed E-state index contributed by atoms with van der Waals surface area (Å²) in [5, 5.41) is 0.736. The van der Waals surface area contributed by atoms with E-state index in [1.807, 2.05) is 12.1 Å². The second-order valence-corrected chi connectivity index (χ2v) is 5.56. The van der Waals surface area contributed by atoms with Crippen LogP contribution in [0.3, 0.4) is 0 Å². The Morgan fingerprint density at radius 3 is 2.82 bits per heavy atom. The molecule has 17 heavy (non-hydrogen) atoms. The first-order valence-corrected chi connectivity index (χ1v) is 6.66. The highest BCUT2D eigenvalue weighted by Crippen LogP contribution is 2.34. The van der Waals surface area contributed by atoms with Gasteiger partial charge < -0.3 is 9.64 Å². The highest BCUT2D eigenvalue weighted by atomic mass is 35.5. The number of hydrogen-bond donors (Lipinski definition) is 0. The molecule has 1 aliphatic rings. The van der Waals surface area contributed by atoms with Gasteiger partial charge in [0.2, 0.25) is 0 Å². The van der Waals surface area contributed by atoms with Crippen molar-refractivity contribution in [3.8, 4) is 0 Å². The summed E-state index contributed by atoms with van der Waals surface area (Å²) in [5.41, 5.74) is 2.11. The van der Waals surface area contributed by atoms with Gasteiger partial charge in [-0.1, -0.05) is 17.7 Å². The molecule has 0 bridgehead atoms. The van der Waals surface area contributed by atoms with Gasteiger partial charge >= 0.3 is 0 Å². The molecule has 1 aromatic carbocycles. The van der Waals surface area contributed by atoms with Crippen LogP contribution < -0.4 is 4.90 Å². The van der Waals surface area contributed by atoms with Crippen LogP contribution in [-0.2, 0) is 10.6 Å². The Kier molecular flexibility index (Phi) is 3.86. The van der Waals surface area contributed by atoms with Crippen LogP contribution in [0.15, 0.2) is 18.2 Å². The molecule has 2 rings (SSSR count). The van der Waals surface area contributed by atoms with Gasteiger partial charge in [-0.3, -0.25) is 0 Å². The van der Waals surface area contributed by atoms with Crippen LogP contribution in [0.5, 0.6) is 0 Å². The number of rotatable bonds is 2. The molecule has 1 saturated heterocycles. The molecule has 0 atom stereocenters. The van der Waals surface area contributed by atoms with Gasteiger partial charge in [0.1, 0.15) is 0 Å². The predicted molar refractivity (Wildman–Crippen MR) is 73.3 cm³/mol. The van der Waals surface area contributed by atoms with Crippen molar-refractivity contribution in [2.45, 2.75) is 25.3 Å². The number of ether oxygens (including phenoxy) is 1. The van der Waals surface area contributed by atoms with E-state index in [2.05, 4.69) is 24.8 Å². The molecular formula is C13H17Cl2NO. The Balaban J connectivity index is 2.42. The van der Waals surface area contributed by atoms with Gasteiger partial charge in [-0.05, 0) is 26.0 Å². The third kappa shape index (κ3) is 2.54. The summed E-state index contributed by atoms with van der Waals surface area (Å²) in [4.78, 5) is 2.33. The van der Waals surface area contributed by atoms with Crippen molar-refractivity contribution in [1.82, 2.24) is 0 Å². The molecule has 0 unspecified atom stereocenters. The summed E-state index contributed by atoms with van der Waals surface area (Å²) in [6.45, 7) is 6.69. The second kappa shape index (κ2) is 5.05. The van der Waals surface area contributed by atoms with E-state index in [9.17, 15) is 0 Å². The lowest BCUT2D eigenvalue weighted by molar-refractivity contribution is 0.0643. The third-order valence-electron chi connectivity index (χ3n) is 3.16. The molecule has 0 radical (unpaired) electrons.